The minimum atomic E-state index is -1.15. The highest BCUT2D eigenvalue weighted by molar-refractivity contribution is 5.88. The van der Waals surface area contributed by atoms with Gasteiger partial charge in [0.05, 0.1) is 6.10 Å². The van der Waals surface area contributed by atoms with Crippen LogP contribution in [0.25, 0.3) is 0 Å². The summed E-state index contributed by atoms with van der Waals surface area (Å²) in [4.78, 5) is 21.4. The van der Waals surface area contributed by atoms with Crippen molar-refractivity contribution < 1.29 is 19.4 Å². The van der Waals surface area contributed by atoms with Crippen molar-refractivity contribution in [3.8, 4) is 0 Å². The largest absolute Gasteiger partial charge is 0.392 e. The van der Waals surface area contributed by atoms with Gasteiger partial charge in [0.2, 0.25) is 0 Å². The third kappa shape index (κ3) is 3.45. The molecule has 0 spiro atoms. The summed E-state index contributed by atoms with van der Waals surface area (Å²) in [5.74, 6) is -1.53. The van der Waals surface area contributed by atoms with Crippen molar-refractivity contribution in [3.63, 3.8) is 0 Å². The predicted molar refractivity (Wildman–Crippen MR) is 41.0 cm³/mol. The number of hydrogen-bond acceptors (Lipinski definition) is 5. The summed E-state index contributed by atoms with van der Waals surface area (Å²) in [6.07, 6.45) is -0.902. The van der Waals surface area contributed by atoms with Crippen molar-refractivity contribution in [2.24, 2.45) is 5.73 Å². The number of aliphatic hydroxyl groups is 1. The second kappa shape index (κ2) is 4.84. The molecule has 0 aliphatic rings. The van der Waals surface area contributed by atoms with Gasteiger partial charge in [-0.25, -0.2) is 4.79 Å². The Labute approximate surface area is 70.5 Å². The number of esters is 2. The second-order valence-corrected chi connectivity index (χ2v) is 2.41. The first kappa shape index (κ1) is 11.1. The van der Waals surface area contributed by atoms with E-state index in [1.807, 2.05) is 0 Å². The maximum Gasteiger partial charge on any atom is 0.333 e. The van der Waals surface area contributed by atoms with Crippen LogP contribution in [-0.2, 0) is 14.3 Å². The lowest BCUT2D eigenvalue weighted by molar-refractivity contribution is -0.161. The van der Waals surface area contributed by atoms with Gasteiger partial charge in [-0.15, -0.1) is 0 Å². The standard InChI is InChI=1S/C7H13NO4/c1-3-5(10)12-7(11)6(8)4(2)9/h4,6,9H,3,8H2,1-2H3/t4-,6+/m1/s1. The molecule has 0 aliphatic carbocycles. The Morgan fingerprint density at radius 1 is 1.58 bits per heavy atom. The summed E-state index contributed by atoms with van der Waals surface area (Å²) in [5, 5.41) is 8.84. The van der Waals surface area contributed by atoms with Gasteiger partial charge in [0.1, 0.15) is 6.04 Å². The van der Waals surface area contributed by atoms with E-state index in [4.69, 9.17) is 10.8 Å². The number of carbonyl (C=O) groups excluding carboxylic acids is 2. The average Bonchev–Trinajstić information content (AvgIpc) is 2.02. The van der Waals surface area contributed by atoms with Crippen LogP contribution in [0.1, 0.15) is 20.3 Å². The molecule has 0 saturated heterocycles. The molecule has 0 saturated carbocycles. The lowest BCUT2D eigenvalue weighted by Crippen LogP contribution is -2.42. The molecule has 0 bridgehead atoms. The monoisotopic (exact) mass is 175 g/mol. The number of hydrogen-bond donors (Lipinski definition) is 2. The Morgan fingerprint density at radius 2 is 2.08 bits per heavy atom. The molecule has 70 valence electrons. The van der Waals surface area contributed by atoms with Crippen LogP contribution >= 0.6 is 0 Å². The zero-order chi connectivity index (χ0) is 9.72. The van der Waals surface area contributed by atoms with E-state index >= 15 is 0 Å². The summed E-state index contributed by atoms with van der Waals surface area (Å²) in [6.45, 7) is 2.91. The molecule has 12 heavy (non-hydrogen) atoms. The summed E-state index contributed by atoms with van der Waals surface area (Å²) in [5.41, 5.74) is 5.19. The van der Waals surface area contributed by atoms with Crippen LogP contribution in [-0.4, -0.2) is 29.2 Å². The molecule has 0 aliphatic heterocycles. The van der Waals surface area contributed by atoms with Crippen molar-refractivity contribution in [2.75, 3.05) is 0 Å². The molecule has 0 aromatic rings. The molecule has 3 N–H and O–H groups in total. The molecule has 0 radical (unpaired) electrons. The third-order valence-electron chi connectivity index (χ3n) is 1.29. The fraction of sp³-hybridized carbons (Fsp3) is 0.714. The van der Waals surface area contributed by atoms with Crippen LogP contribution in [0, 0.1) is 0 Å². The number of carbonyl (C=O) groups is 2. The topological polar surface area (TPSA) is 89.6 Å². The van der Waals surface area contributed by atoms with E-state index in [1.54, 1.807) is 6.92 Å². The van der Waals surface area contributed by atoms with Gasteiger partial charge in [0.15, 0.2) is 0 Å². The number of nitrogens with two attached hydrogens (primary N) is 1. The van der Waals surface area contributed by atoms with Crippen LogP contribution in [0.2, 0.25) is 0 Å². The zero-order valence-corrected chi connectivity index (χ0v) is 7.11. The minimum Gasteiger partial charge on any atom is -0.392 e. The first-order valence-electron chi connectivity index (χ1n) is 3.67. The SMILES string of the molecule is CCC(=O)OC(=O)[C@@H](N)[C@@H](C)O. The summed E-state index contributed by atoms with van der Waals surface area (Å²) < 4.78 is 4.26. The normalized spacial score (nSPS) is 15.0. The molecule has 0 aromatic heterocycles. The molecular weight excluding hydrogens is 162 g/mol. The van der Waals surface area contributed by atoms with Crippen molar-refractivity contribution in [1.82, 2.24) is 0 Å². The van der Waals surface area contributed by atoms with Crippen LogP contribution in [0.5, 0.6) is 0 Å². The Bertz CT molecular complexity index is 178. The van der Waals surface area contributed by atoms with Gasteiger partial charge in [-0.1, -0.05) is 6.92 Å². The van der Waals surface area contributed by atoms with E-state index in [-0.39, 0.29) is 6.42 Å². The van der Waals surface area contributed by atoms with E-state index in [2.05, 4.69) is 4.74 Å². The molecule has 0 amide bonds. The van der Waals surface area contributed by atoms with E-state index in [0.29, 0.717) is 0 Å². The molecule has 0 fully saturated rings. The quantitative estimate of drug-likeness (QED) is 0.432. The molecule has 5 heteroatoms. The van der Waals surface area contributed by atoms with Gasteiger partial charge in [0, 0.05) is 6.42 Å². The van der Waals surface area contributed by atoms with Gasteiger partial charge in [-0.05, 0) is 6.92 Å². The second-order valence-electron chi connectivity index (χ2n) is 2.41. The molecule has 0 unspecified atom stereocenters. The van der Waals surface area contributed by atoms with Gasteiger partial charge in [0.25, 0.3) is 0 Å². The predicted octanol–water partition coefficient (Wildman–Crippen LogP) is -0.826. The lowest BCUT2D eigenvalue weighted by atomic mass is 10.2. The first-order chi connectivity index (χ1) is 5.49. The van der Waals surface area contributed by atoms with Gasteiger partial charge >= 0.3 is 11.9 Å². The van der Waals surface area contributed by atoms with Crippen LogP contribution in [0.3, 0.4) is 0 Å². The molecule has 0 aromatic carbocycles. The highest BCUT2D eigenvalue weighted by Crippen LogP contribution is 1.94. The molecule has 2 atom stereocenters. The highest BCUT2D eigenvalue weighted by atomic mass is 16.6. The van der Waals surface area contributed by atoms with Crippen molar-refractivity contribution in [3.05, 3.63) is 0 Å². The average molecular weight is 175 g/mol. The van der Waals surface area contributed by atoms with Gasteiger partial charge in [-0.3, -0.25) is 4.79 Å². The summed E-state index contributed by atoms with van der Waals surface area (Å²) >= 11 is 0. The smallest absolute Gasteiger partial charge is 0.333 e. The molecule has 0 rings (SSSR count). The Kier molecular flexibility index (Phi) is 4.46. The number of ether oxygens (including phenoxy) is 1. The Morgan fingerprint density at radius 3 is 2.42 bits per heavy atom. The van der Waals surface area contributed by atoms with E-state index in [1.165, 1.54) is 6.92 Å². The zero-order valence-electron chi connectivity index (χ0n) is 7.11. The van der Waals surface area contributed by atoms with Crippen LogP contribution in [0.15, 0.2) is 0 Å². The van der Waals surface area contributed by atoms with Crippen LogP contribution in [0.4, 0.5) is 0 Å². The van der Waals surface area contributed by atoms with Crippen LogP contribution < -0.4 is 5.73 Å². The summed E-state index contributed by atoms with van der Waals surface area (Å²) in [7, 11) is 0. The Hall–Kier alpha value is -0.940. The Balaban J connectivity index is 3.96. The summed E-state index contributed by atoms with van der Waals surface area (Å²) in [6, 6.07) is -1.15. The fourth-order valence-electron chi connectivity index (χ4n) is 0.449. The maximum atomic E-state index is 10.8. The number of aliphatic hydroxyl groups excluding tert-OH is 1. The van der Waals surface area contributed by atoms with E-state index in [0.717, 1.165) is 0 Å². The van der Waals surface area contributed by atoms with Gasteiger partial charge < -0.3 is 15.6 Å². The minimum absolute atomic E-state index is 0.109. The van der Waals surface area contributed by atoms with E-state index < -0.39 is 24.1 Å². The molecular formula is C7H13NO4. The third-order valence-corrected chi connectivity index (χ3v) is 1.29. The number of rotatable bonds is 3. The molecule has 0 heterocycles. The van der Waals surface area contributed by atoms with Gasteiger partial charge in [-0.2, -0.15) is 0 Å². The lowest BCUT2D eigenvalue weighted by Gasteiger charge is -2.11. The van der Waals surface area contributed by atoms with Crippen molar-refractivity contribution in [1.29, 1.82) is 0 Å². The maximum absolute atomic E-state index is 10.8. The first-order valence-corrected chi connectivity index (χ1v) is 3.67. The van der Waals surface area contributed by atoms with E-state index in [9.17, 15) is 9.59 Å². The van der Waals surface area contributed by atoms with Crippen molar-refractivity contribution >= 4 is 11.9 Å². The fourth-order valence-corrected chi connectivity index (χ4v) is 0.449. The molecule has 5 nitrogen and oxygen atoms in total. The van der Waals surface area contributed by atoms with Crippen molar-refractivity contribution in [2.45, 2.75) is 32.4 Å². The highest BCUT2D eigenvalue weighted by Gasteiger charge is 2.22.